The number of hydrogen-bond donors (Lipinski definition) is 0. The van der Waals surface area contributed by atoms with E-state index in [1.54, 1.807) is 11.1 Å². The van der Waals surface area contributed by atoms with Crippen LogP contribution in [0.4, 0.5) is 34.1 Å². The van der Waals surface area contributed by atoms with Gasteiger partial charge in [0.1, 0.15) is 0 Å². The second-order valence-corrected chi connectivity index (χ2v) is 30.8. The SMILES string of the molecule is Cc1cc(N(c2ccccc2)c2ccc3cc4c(cc3c2)C([Si](C)(C)C)([Si](C)(C)C)c2c-4ccc3cc(N(c4ccccc4)c4cc(C)c(C)c(C)c4)ccc23)cc(C)c1C. The van der Waals surface area contributed by atoms with Crippen LogP contribution in [0.1, 0.15) is 44.5 Å². The molecule has 306 valence electrons. The summed E-state index contributed by atoms with van der Waals surface area (Å²) in [6, 6.07) is 55.6. The highest BCUT2D eigenvalue weighted by Crippen LogP contribution is 2.60. The van der Waals surface area contributed by atoms with Crippen LogP contribution in [0.3, 0.4) is 0 Å². The predicted octanol–water partition coefficient (Wildman–Crippen LogP) is 16.8. The maximum absolute atomic E-state index is 2.64. The molecule has 0 saturated heterocycles. The number of rotatable bonds is 8. The Morgan fingerprint density at radius 1 is 0.361 bits per heavy atom. The lowest BCUT2D eigenvalue weighted by Gasteiger charge is -2.51. The van der Waals surface area contributed by atoms with Crippen LogP contribution in [0, 0.1) is 41.5 Å². The summed E-state index contributed by atoms with van der Waals surface area (Å²) in [5.41, 5.74) is 21.0. The van der Waals surface area contributed by atoms with E-state index in [2.05, 4.69) is 236 Å². The first-order valence-electron chi connectivity index (χ1n) is 22.0. The van der Waals surface area contributed by atoms with Gasteiger partial charge in [-0.3, -0.25) is 0 Å². The average Bonchev–Trinajstić information content (AvgIpc) is 3.53. The smallest absolute Gasteiger partial charge is 0.0579 e. The molecule has 0 bridgehead atoms. The van der Waals surface area contributed by atoms with Crippen molar-refractivity contribution in [2.45, 2.75) is 85.5 Å². The summed E-state index contributed by atoms with van der Waals surface area (Å²) in [6.07, 6.45) is 0. The summed E-state index contributed by atoms with van der Waals surface area (Å²) < 4.78 is -0.0233. The molecule has 0 heterocycles. The van der Waals surface area contributed by atoms with Gasteiger partial charge in [0.25, 0.3) is 0 Å². The molecule has 1 aliphatic carbocycles. The van der Waals surface area contributed by atoms with E-state index in [1.807, 2.05) is 0 Å². The molecule has 0 unspecified atom stereocenters. The van der Waals surface area contributed by atoms with Crippen molar-refractivity contribution in [2.24, 2.45) is 0 Å². The third-order valence-corrected chi connectivity index (χ3v) is 24.2. The summed E-state index contributed by atoms with van der Waals surface area (Å²) in [6.45, 7) is 29.2. The van der Waals surface area contributed by atoms with Gasteiger partial charge in [0.2, 0.25) is 0 Å². The van der Waals surface area contributed by atoms with Crippen molar-refractivity contribution in [1.82, 2.24) is 0 Å². The van der Waals surface area contributed by atoms with Crippen LogP contribution in [0.2, 0.25) is 39.3 Å². The minimum Gasteiger partial charge on any atom is -0.310 e. The van der Waals surface area contributed by atoms with E-state index in [-0.39, 0.29) is 4.66 Å². The van der Waals surface area contributed by atoms with Crippen LogP contribution in [0.25, 0.3) is 32.7 Å². The second-order valence-electron chi connectivity index (χ2n) is 19.8. The summed E-state index contributed by atoms with van der Waals surface area (Å²) in [5.74, 6) is 0. The van der Waals surface area contributed by atoms with Gasteiger partial charge in [0.15, 0.2) is 0 Å². The monoisotopic (exact) mass is 828 g/mol. The highest BCUT2D eigenvalue weighted by molar-refractivity contribution is 7.00. The van der Waals surface area contributed by atoms with E-state index < -0.39 is 16.1 Å². The average molecular weight is 829 g/mol. The summed E-state index contributed by atoms with van der Waals surface area (Å²) in [5, 5.41) is 5.30. The van der Waals surface area contributed by atoms with Crippen molar-refractivity contribution in [3.63, 3.8) is 0 Å². The zero-order valence-electron chi connectivity index (χ0n) is 38.3. The Kier molecular flexibility index (Phi) is 9.84. The maximum atomic E-state index is 2.64. The molecule has 0 aliphatic heterocycles. The first-order valence-corrected chi connectivity index (χ1v) is 29.0. The highest BCUT2D eigenvalue weighted by Gasteiger charge is 2.59. The van der Waals surface area contributed by atoms with Gasteiger partial charge in [-0.05, 0) is 198 Å². The number of anilines is 6. The van der Waals surface area contributed by atoms with Crippen molar-refractivity contribution in [1.29, 1.82) is 0 Å². The zero-order valence-corrected chi connectivity index (χ0v) is 40.3. The molecule has 0 amide bonds. The van der Waals surface area contributed by atoms with E-state index >= 15 is 0 Å². The molecule has 4 heteroatoms. The van der Waals surface area contributed by atoms with Gasteiger partial charge < -0.3 is 9.80 Å². The molecule has 61 heavy (non-hydrogen) atoms. The standard InChI is InChI=1S/C57H60N2Si2/c1-37-29-50(30-38(2)41(37)5)58(46-19-15-13-16-20-46)48-25-23-43-35-54-53-27-24-44-33-49(59(47-21-17-14-18-22-47)51-31-39(3)42(6)40(4)32-51)26-28-52(44)56(53)57(60(7,8)9,61(10,11)12)55(54)36-45(43)34-48/h13-36H,1-12H3. The Balaban J connectivity index is 1.26. The molecule has 8 aromatic carbocycles. The molecule has 0 N–H and O–H groups in total. The Morgan fingerprint density at radius 3 is 1.28 bits per heavy atom. The van der Waals surface area contributed by atoms with E-state index in [1.165, 1.54) is 100 Å². The van der Waals surface area contributed by atoms with Gasteiger partial charge in [0, 0.05) is 38.8 Å². The summed E-state index contributed by atoms with van der Waals surface area (Å²) in [4.78, 5) is 4.88. The van der Waals surface area contributed by atoms with E-state index in [0.29, 0.717) is 0 Å². The number of fused-ring (bicyclic) bond motifs is 6. The number of hydrogen-bond acceptors (Lipinski definition) is 2. The Bertz CT molecular complexity index is 2950. The van der Waals surface area contributed by atoms with Crippen molar-refractivity contribution in [3.05, 3.63) is 190 Å². The fourth-order valence-corrected chi connectivity index (χ4v) is 24.3. The van der Waals surface area contributed by atoms with Crippen molar-refractivity contribution in [3.8, 4) is 11.1 Å². The predicted molar refractivity (Wildman–Crippen MR) is 272 cm³/mol. The van der Waals surface area contributed by atoms with Crippen LogP contribution in [0.15, 0.2) is 146 Å². The van der Waals surface area contributed by atoms with E-state index in [9.17, 15) is 0 Å². The van der Waals surface area contributed by atoms with Gasteiger partial charge in [-0.15, -0.1) is 0 Å². The molecule has 0 aromatic heterocycles. The number of aryl methyl sites for hydroxylation is 4. The zero-order chi connectivity index (χ0) is 43.2. The first kappa shape index (κ1) is 40.7. The topological polar surface area (TPSA) is 6.48 Å². The molecule has 1 aliphatic rings. The molecular weight excluding hydrogens is 769 g/mol. The van der Waals surface area contributed by atoms with Gasteiger partial charge in [0.05, 0.1) is 16.1 Å². The van der Waals surface area contributed by atoms with Crippen molar-refractivity contribution < 1.29 is 0 Å². The second kappa shape index (κ2) is 14.7. The van der Waals surface area contributed by atoms with E-state index in [0.717, 1.165) is 0 Å². The van der Waals surface area contributed by atoms with Crippen LogP contribution in [-0.2, 0) is 4.66 Å². The maximum Gasteiger partial charge on any atom is 0.0579 e. The number of nitrogens with zero attached hydrogens (tertiary/aromatic N) is 2. The lowest BCUT2D eigenvalue weighted by molar-refractivity contribution is 0.964. The number of benzene rings is 8. The quantitative estimate of drug-likeness (QED) is 0.141. The molecule has 0 radical (unpaired) electrons. The minimum atomic E-state index is -1.99. The molecule has 0 atom stereocenters. The highest BCUT2D eigenvalue weighted by atomic mass is 28.4. The molecular formula is C57H60N2Si2. The van der Waals surface area contributed by atoms with Crippen LogP contribution in [0.5, 0.6) is 0 Å². The Morgan fingerprint density at radius 2 is 0.803 bits per heavy atom. The number of para-hydroxylation sites is 2. The van der Waals surface area contributed by atoms with Gasteiger partial charge in [-0.1, -0.05) is 106 Å². The van der Waals surface area contributed by atoms with E-state index in [4.69, 9.17) is 0 Å². The lowest BCUT2D eigenvalue weighted by Crippen LogP contribution is -2.63. The normalized spacial score (nSPS) is 13.4. The molecule has 0 saturated carbocycles. The van der Waals surface area contributed by atoms with Crippen LogP contribution >= 0.6 is 0 Å². The Labute approximate surface area is 366 Å². The molecule has 8 aromatic rings. The third-order valence-electron chi connectivity index (χ3n) is 14.2. The Hall–Kier alpha value is -5.69. The van der Waals surface area contributed by atoms with Crippen molar-refractivity contribution in [2.75, 3.05) is 9.80 Å². The fraction of sp³-hybridized carbons (Fsp3) is 0.228. The summed E-state index contributed by atoms with van der Waals surface area (Å²) >= 11 is 0. The van der Waals surface area contributed by atoms with Crippen molar-refractivity contribution >= 4 is 71.8 Å². The first-order chi connectivity index (χ1) is 29.0. The minimum absolute atomic E-state index is 0.0233. The summed E-state index contributed by atoms with van der Waals surface area (Å²) in [7, 11) is -3.99. The molecule has 9 rings (SSSR count). The van der Waals surface area contributed by atoms with Crippen LogP contribution < -0.4 is 9.80 Å². The third kappa shape index (κ3) is 6.49. The lowest BCUT2D eigenvalue weighted by atomic mass is 9.97. The largest absolute Gasteiger partial charge is 0.310 e. The van der Waals surface area contributed by atoms with Gasteiger partial charge >= 0.3 is 0 Å². The molecule has 0 fully saturated rings. The molecule has 0 spiro atoms. The van der Waals surface area contributed by atoms with Crippen LogP contribution in [-0.4, -0.2) is 16.1 Å². The van der Waals surface area contributed by atoms with Gasteiger partial charge in [-0.25, -0.2) is 0 Å². The molecule has 2 nitrogen and oxygen atoms in total. The van der Waals surface area contributed by atoms with Gasteiger partial charge in [-0.2, -0.15) is 0 Å². The fourth-order valence-electron chi connectivity index (χ4n) is 11.2.